The molecule has 2 aromatic carbocycles. The van der Waals surface area contributed by atoms with Crippen LogP contribution in [0.3, 0.4) is 0 Å². The predicted molar refractivity (Wildman–Crippen MR) is 137 cm³/mol. The van der Waals surface area contributed by atoms with Crippen molar-refractivity contribution < 1.29 is 14.3 Å². The number of hydrogen-bond donors (Lipinski definition) is 0. The van der Waals surface area contributed by atoms with Gasteiger partial charge in [0.25, 0.3) is 0 Å². The second-order valence-corrected chi connectivity index (χ2v) is 8.61. The Hall–Kier alpha value is -3.21. The SMILES string of the molecule is CCCCCCCc1ccc(-c2cnc(-c3ccc(OC(C)C(=O)OCCC)cc3)nc2)cc1. The molecule has 1 unspecified atom stereocenters. The minimum Gasteiger partial charge on any atom is -0.479 e. The van der Waals surface area contributed by atoms with E-state index in [0.29, 0.717) is 18.2 Å². The average molecular weight is 461 g/mol. The van der Waals surface area contributed by atoms with Crippen molar-refractivity contribution in [3.8, 4) is 28.3 Å². The van der Waals surface area contributed by atoms with Crippen LogP contribution in [0, 0.1) is 0 Å². The molecule has 0 fully saturated rings. The Balaban J connectivity index is 1.55. The average Bonchev–Trinajstić information content (AvgIpc) is 2.88. The molecule has 180 valence electrons. The van der Waals surface area contributed by atoms with Crippen molar-refractivity contribution in [1.82, 2.24) is 9.97 Å². The number of carbonyl (C=O) groups excluding carboxylic acids is 1. The summed E-state index contributed by atoms with van der Waals surface area (Å²) in [6.07, 6.45) is 11.5. The van der Waals surface area contributed by atoms with Gasteiger partial charge in [-0.1, -0.05) is 63.8 Å². The first-order valence-electron chi connectivity index (χ1n) is 12.5. The summed E-state index contributed by atoms with van der Waals surface area (Å²) in [5, 5.41) is 0. The third kappa shape index (κ3) is 7.68. The zero-order valence-corrected chi connectivity index (χ0v) is 20.6. The second-order valence-electron chi connectivity index (χ2n) is 8.61. The lowest BCUT2D eigenvalue weighted by Crippen LogP contribution is -2.26. The zero-order valence-electron chi connectivity index (χ0n) is 20.6. The summed E-state index contributed by atoms with van der Waals surface area (Å²) < 4.78 is 10.8. The molecule has 1 aromatic heterocycles. The Morgan fingerprint density at radius 2 is 1.44 bits per heavy atom. The lowest BCUT2D eigenvalue weighted by Gasteiger charge is -2.14. The number of nitrogens with zero attached hydrogens (tertiary/aromatic N) is 2. The van der Waals surface area contributed by atoms with Crippen LogP contribution in [0.4, 0.5) is 0 Å². The van der Waals surface area contributed by atoms with Crippen LogP contribution in [0.2, 0.25) is 0 Å². The molecule has 34 heavy (non-hydrogen) atoms. The molecule has 0 aliphatic heterocycles. The highest BCUT2D eigenvalue weighted by Gasteiger charge is 2.16. The van der Waals surface area contributed by atoms with Crippen LogP contribution in [-0.2, 0) is 16.0 Å². The molecule has 0 saturated carbocycles. The lowest BCUT2D eigenvalue weighted by atomic mass is 10.0. The summed E-state index contributed by atoms with van der Waals surface area (Å²) in [6, 6.07) is 16.1. The predicted octanol–water partition coefficient (Wildman–Crippen LogP) is 7.04. The number of ether oxygens (including phenoxy) is 2. The third-order valence-electron chi connectivity index (χ3n) is 5.71. The van der Waals surface area contributed by atoms with Crippen molar-refractivity contribution in [2.75, 3.05) is 6.61 Å². The van der Waals surface area contributed by atoms with E-state index in [1.165, 1.54) is 37.7 Å². The minimum absolute atomic E-state index is 0.357. The molecule has 1 heterocycles. The van der Waals surface area contributed by atoms with E-state index in [9.17, 15) is 4.79 Å². The molecule has 3 aromatic rings. The lowest BCUT2D eigenvalue weighted by molar-refractivity contribution is -0.151. The Labute approximate surface area is 203 Å². The zero-order chi connectivity index (χ0) is 24.2. The Bertz CT molecular complexity index is 999. The standard InChI is InChI=1S/C29H36N2O3/c1-4-6-7-8-9-10-23-11-13-24(14-12-23)26-20-30-28(31-21-26)25-15-17-27(18-16-25)34-22(3)29(32)33-19-5-2/h11-18,20-22H,4-10,19H2,1-3H3. The van der Waals surface area contributed by atoms with Gasteiger partial charge in [-0.2, -0.15) is 0 Å². The molecule has 5 nitrogen and oxygen atoms in total. The van der Waals surface area contributed by atoms with Crippen LogP contribution in [-0.4, -0.2) is 28.6 Å². The highest BCUT2D eigenvalue weighted by Crippen LogP contribution is 2.23. The van der Waals surface area contributed by atoms with Crippen LogP contribution in [0.5, 0.6) is 5.75 Å². The minimum atomic E-state index is -0.652. The number of aryl methyl sites for hydroxylation is 1. The second kappa shape index (κ2) is 13.5. The van der Waals surface area contributed by atoms with Gasteiger partial charge >= 0.3 is 5.97 Å². The quantitative estimate of drug-likeness (QED) is 0.202. The largest absolute Gasteiger partial charge is 0.479 e. The molecular formula is C29H36N2O3. The van der Waals surface area contributed by atoms with E-state index in [4.69, 9.17) is 9.47 Å². The van der Waals surface area contributed by atoms with Gasteiger partial charge in [0.2, 0.25) is 0 Å². The number of aromatic nitrogens is 2. The van der Waals surface area contributed by atoms with E-state index in [1.54, 1.807) is 6.92 Å². The van der Waals surface area contributed by atoms with Crippen molar-refractivity contribution in [2.24, 2.45) is 0 Å². The van der Waals surface area contributed by atoms with Crippen LogP contribution in [0.15, 0.2) is 60.9 Å². The first kappa shape index (κ1) is 25.4. The summed E-state index contributed by atoms with van der Waals surface area (Å²) >= 11 is 0. The van der Waals surface area contributed by atoms with Crippen LogP contribution >= 0.6 is 0 Å². The van der Waals surface area contributed by atoms with Gasteiger partial charge in [-0.25, -0.2) is 14.8 Å². The number of esters is 1. The fraction of sp³-hybridized carbons (Fsp3) is 0.414. The molecule has 0 amide bonds. The molecule has 1 atom stereocenters. The summed E-state index contributed by atoms with van der Waals surface area (Å²) in [5.74, 6) is 0.894. The van der Waals surface area contributed by atoms with E-state index >= 15 is 0 Å². The Kier molecular flexibility index (Phi) is 10.1. The summed E-state index contributed by atoms with van der Waals surface area (Å²) in [5.41, 5.74) is 4.39. The molecule has 0 aliphatic rings. The molecule has 0 radical (unpaired) electrons. The number of rotatable bonds is 13. The van der Waals surface area contributed by atoms with Gasteiger partial charge in [-0.3, -0.25) is 0 Å². The van der Waals surface area contributed by atoms with Crippen LogP contribution in [0.1, 0.15) is 64.9 Å². The number of unbranched alkanes of at least 4 members (excludes halogenated alkanes) is 4. The first-order valence-corrected chi connectivity index (χ1v) is 12.5. The van der Waals surface area contributed by atoms with E-state index in [0.717, 1.165) is 29.5 Å². The highest BCUT2D eigenvalue weighted by atomic mass is 16.6. The molecule has 0 spiro atoms. The molecule has 0 aliphatic carbocycles. The Morgan fingerprint density at radius 3 is 2.09 bits per heavy atom. The maximum Gasteiger partial charge on any atom is 0.347 e. The van der Waals surface area contributed by atoms with Crippen molar-refractivity contribution in [3.63, 3.8) is 0 Å². The molecule has 3 rings (SSSR count). The van der Waals surface area contributed by atoms with Gasteiger partial charge in [0, 0.05) is 23.5 Å². The smallest absolute Gasteiger partial charge is 0.347 e. The third-order valence-corrected chi connectivity index (χ3v) is 5.71. The molecule has 0 saturated heterocycles. The number of hydrogen-bond acceptors (Lipinski definition) is 5. The molecular weight excluding hydrogens is 424 g/mol. The molecule has 0 N–H and O–H groups in total. The first-order chi connectivity index (χ1) is 16.6. The van der Waals surface area contributed by atoms with E-state index in [1.807, 2.05) is 43.6 Å². The van der Waals surface area contributed by atoms with Crippen LogP contribution < -0.4 is 4.74 Å². The highest BCUT2D eigenvalue weighted by molar-refractivity contribution is 5.74. The van der Waals surface area contributed by atoms with E-state index in [-0.39, 0.29) is 5.97 Å². The van der Waals surface area contributed by atoms with E-state index in [2.05, 4.69) is 41.2 Å². The maximum absolute atomic E-state index is 11.9. The van der Waals surface area contributed by atoms with Gasteiger partial charge in [0.1, 0.15) is 5.75 Å². The maximum atomic E-state index is 11.9. The van der Waals surface area contributed by atoms with Crippen molar-refractivity contribution in [1.29, 1.82) is 0 Å². The van der Waals surface area contributed by atoms with Gasteiger partial charge in [-0.05, 0) is 61.6 Å². The Morgan fingerprint density at radius 1 is 0.794 bits per heavy atom. The normalized spacial score (nSPS) is 11.7. The van der Waals surface area contributed by atoms with Gasteiger partial charge in [-0.15, -0.1) is 0 Å². The summed E-state index contributed by atoms with van der Waals surface area (Å²) in [4.78, 5) is 21.0. The fourth-order valence-corrected chi connectivity index (χ4v) is 3.68. The number of carbonyl (C=O) groups is 1. The number of benzene rings is 2. The van der Waals surface area contributed by atoms with Gasteiger partial charge in [0.05, 0.1) is 6.61 Å². The van der Waals surface area contributed by atoms with Crippen LogP contribution in [0.25, 0.3) is 22.5 Å². The van der Waals surface area contributed by atoms with Crippen molar-refractivity contribution in [2.45, 2.75) is 71.8 Å². The fourth-order valence-electron chi connectivity index (χ4n) is 3.68. The topological polar surface area (TPSA) is 61.3 Å². The van der Waals surface area contributed by atoms with Crippen molar-refractivity contribution in [3.05, 3.63) is 66.5 Å². The monoisotopic (exact) mass is 460 g/mol. The van der Waals surface area contributed by atoms with Gasteiger partial charge in [0.15, 0.2) is 11.9 Å². The summed E-state index contributed by atoms with van der Waals surface area (Å²) in [7, 11) is 0. The molecule has 5 heteroatoms. The molecule has 0 bridgehead atoms. The van der Waals surface area contributed by atoms with Crippen molar-refractivity contribution >= 4 is 5.97 Å². The van der Waals surface area contributed by atoms with Gasteiger partial charge < -0.3 is 9.47 Å². The summed E-state index contributed by atoms with van der Waals surface area (Å²) in [6.45, 7) is 6.30. The van der Waals surface area contributed by atoms with E-state index < -0.39 is 6.10 Å².